The van der Waals surface area contributed by atoms with Crippen LogP contribution < -0.4 is 19.7 Å². The number of carbonyl (C=O) groups excluding carboxylic acids is 2. The molecule has 162 valence electrons. The zero-order valence-electron chi connectivity index (χ0n) is 18.1. The van der Waals surface area contributed by atoms with Gasteiger partial charge in [-0.2, -0.15) is 0 Å². The van der Waals surface area contributed by atoms with Crippen LogP contribution >= 0.6 is 12.2 Å². The van der Waals surface area contributed by atoms with E-state index < -0.39 is 11.8 Å². The number of benzene rings is 2. The maximum Gasteiger partial charge on any atom is 0.270 e. The van der Waals surface area contributed by atoms with E-state index in [9.17, 15) is 9.59 Å². The number of nitrogens with one attached hydrogen (secondary N) is 1. The Bertz CT molecular complexity index is 1030. The molecular formula is C24H26N2O4S. The first-order chi connectivity index (χ1) is 14.8. The van der Waals surface area contributed by atoms with Crippen LogP contribution in [0.3, 0.4) is 0 Å². The second-order valence-electron chi connectivity index (χ2n) is 7.64. The molecule has 6 nitrogen and oxygen atoms in total. The second kappa shape index (κ2) is 9.75. The van der Waals surface area contributed by atoms with Crippen LogP contribution in [0.4, 0.5) is 5.69 Å². The molecule has 1 saturated heterocycles. The monoisotopic (exact) mass is 438 g/mol. The van der Waals surface area contributed by atoms with E-state index >= 15 is 0 Å². The molecule has 0 radical (unpaired) electrons. The van der Waals surface area contributed by atoms with Crippen molar-refractivity contribution in [2.75, 3.05) is 18.1 Å². The molecule has 0 unspecified atom stereocenters. The number of aryl methyl sites for hydroxylation is 1. The van der Waals surface area contributed by atoms with Crippen molar-refractivity contribution in [3.63, 3.8) is 0 Å². The molecule has 0 aromatic heterocycles. The molecule has 1 N–H and O–H groups in total. The normalized spacial score (nSPS) is 15.5. The van der Waals surface area contributed by atoms with Gasteiger partial charge in [0.05, 0.1) is 18.9 Å². The number of ether oxygens (including phenoxy) is 2. The van der Waals surface area contributed by atoms with Gasteiger partial charge in [-0.1, -0.05) is 37.6 Å². The molecule has 3 rings (SSSR count). The lowest BCUT2D eigenvalue weighted by Gasteiger charge is -2.29. The fourth-order valence-corrected chi connectivity index (χ4v) is 3.29. The van der Waals surface area contributed by atoms with Gasteiger partial charge in [-0.3, -0.25) is 19.8 Å². The topological polar surface area (TPSA) is 67.9 Å². The summed E-state index contributed by atoms with van der Waals surface area (Å²) in [6, 6.07) is 12.7. The van der Waals surface area contributed by atoms with Crippen molar-refractivity contribution in [1.29, 1.82) is 0 Å². The van der Waals surface area contributed by atoms with E-state index in [0.717, 1.165) is 5.56 Å². The van der Waals surface area contributed by atoms with E-state index in [1.807, 2.05) is 26.0 Å². The molecule has 0 atom stereocenters. The number of carbonyl (C=O) groups is 2. The number of thiocarbonyl (C=S) groups is 1. The molecule has 1 fully saturated rings. The molecule has 2 aromatic carbocycles. The van der Waals surface area contributed by atoms with Crippen LogP contribution in [0.25, 0.3) is 6.08 Å². The molecule has 2 amide bonds. The lowest BCUT2D eigenvalue weighted by atomic mass is 10.1. The van der Waals surface area contributed by atoms with Gasteiger partial charge in [-0.25, -0.2) is 0 Å². The van der Waals surface area contributed by atoms with E-state index in [-0.39, 0.29) is 10.7 Å². The number of nitrogens with zero attached hydrogens (tertiary/aromatic N) is 1. The highest BCUT2D eigenvalue weighted by atomic mass is 32.1. The van der Waals surface area contributed by atoms with E-state index in [0.29, 0.717) is 41.9 Å². The summed E-state index contributed by atoms with van der Waals surface area (Å²) in [5, 5.41) is 2.66. The predicted octanol–water partition coefficient (Wildman–Crippen LogP) is 4.26. The van der Waals surface area contributed by atoms with Crippen molar-refractivity contribution in [1.82, 2.24) is 5.32 Å². The molecule has 1 aliphatic rings. The number of anilines is 1. The summed E-state index contributed by atoms with van der Waals surface area (Å²) in [5.74, 6) is 0.551. The quantitative estimate of drug-likeness (QED) is 0.397. The van der Waals surface area contributed by atoms with E-state index in [1.165, 1.54) is 11.0 Å². The van der Waals surface area contributed by atoms with E-state index in [1.54, 1.807) is 30.3 Å². The van der Waals surface area contributed by atoms with Crippen LogP contribution in [-0.4, -0.2) is 30.1 Å². The first-order valence-corrected chi connectivity index (χ1v) is 10.6. The Morgan fingerprint density at radius 1 is 1.06 bits per heavy atom. The molecule has 0 saturated carbocycles. The maximum atomic E-state index is 13.1. The van der Waals surface area contributed by atoms with Crippen molar-refractivity contribution < 1.29 is 19.1 Å². The summed E-state index contributed by atoms with van der Waals surface area (Å²) in [5.41, 5.74) is 2.30. The van der Waals surface area contributed by atoms with Crippen LogP contribution in [0.2, 0.25) is 0 Å². The van der Waals surface area contributed by atoms with Crippen LogP contribution in [0.1, 0.15) is 31.9 Å². The van der Waals surface area contributed by atoms with Gasteiger partial charge >= 0.3 is 0 Å². The molecule has 0 bridgehead atoms. The minimum absolute atomic E-state index is 0.00697. The summed E-state index contributed by atoms with van der Waals surface area (Å²) in [6.45, 7) is 9.00. The smallest absolute Gasteiger partial charge is 0.270 e. The van der Waals surface area contributed by atoms with Crippen molar-refractivity contribution >= 4 is 40.9 Å². The Morgan fingerprint density at radius 3 is 2.42 bits per heavy atom. The van der Waals surface area contributed by atoms with Crippen LogP contribution in [0.15, 0.2) is 48.0 Å². The third kappa shape index (κ3) is 5.30. The van der Waals surface area contributed by atoms with Crippen molar-refractivity contribution in [2.24, 2.45) is 5.92 Å². The highest BCUT2D eigenvalue weighted by Crippen LogP contribution is 2.30. The molecular weight excluding hydrogens is 412 g/mol. The van der Waals surface area contributed by atoms with Gasteiger partial charge in [0.2, 0.25) is 0 Å². The van der Waals surface area contributed by atoms with Crippen LogP contribution in [0, 0.1) is 12.8 Å². The van der Waals surface area contributed by atoms with Gasteiger partial charge in [-0.15, -0.1) is 0 Å². The van der Waals surface area contributed by atoms with Crippen LogP contribution in [-0.2, 0) is 9.59 Å². The van der Waals surface area contributed by atoms with Crippen LogP contribution in [0.5, 0.6) is 11.5 Å². The van der Waals surface area contributed by atoms with E-state index in [2.05, 4.69) is 19.2 Å². The highest BCUT2D eigenvalue weighted by molar-refractivity contribution is 7.80. The SMILES string of the molecule is CCOc1cc(/C=C2\C(=O)NC(=S)N(c3ccc(C)cc3)C2=O)ccc1OCC(C)C. The third-order valence-corrected chi connectivity index (χ3v) is 4.83. The van der Waals surface area contributed by atoms with E-state index in [4.69, 9.17) is 21.7 Å². The molecule has 7 heteroatoms. The number of hydrogen-bond acceptors (Lipinski definition) is 5. The zero-order valence-corrected chi connectivity index (χ0v) is 18.9. The van der Waals surface area contributed by atoms with Gasteiger partial charge in [0.15, 0.2) is 16.6 Å². The highest BCUT2D eigenvalue weighted by Gasteiger charge is 2.34. The Balaban J connectivity index is 1.94. The largest absolute Gasteiger partial charge is 0.490 e. The van der Waals surface area contributed by atoms with Gasteiger partial charge in [0.25, 0.3) is 11.8 Å². The first kappa shape index (κ1) is 22.5. The van der Waals surface area contributed by atoms with Gasteiger partial charge in [0, 0.05) is 0 Å². The molecule has 1 aliphatic heterocycles. The van der Waals surface area contributed by atoms with Gasteiger partial charge in [-0.05, 0) is 67.9 Å². The fraction of sp³-hybridized carbons (Fsp3) is 0.292. The Labute approximate surface area is 187 Å². The fourth-order valence-electron chi connectivity index (χ4n) is 3.01. The van der Waals surface area contributed by atoms with Crippen molar-refractivity contribution in [2.45, 2.75) is 27.7 Å². The Kier molecular flexibility index (Phi) is 7.07. The average Bonchev–Trinajstić information content (AvgIpc) is 2.72. The molecule has 2 aromatic rings. The van der Waals surface area contributed by atoms with Gasteiger partial charge in [0.1, 0.15) is 5.57 Å². The Morgan fingerprint density at radius 2 is 1.77 bits per heavy atom. The maximum absolute atomic E-state index is 13.1. The number of hydrogen-bond donors (Lipinski definition) is 1. The lowest BCUT2D eigenvalue weighted by molar-refractivity contribution is -0.122. The number of rotatable bonds is 7. The van der Waals surface area contributed by atoms with Crippen molar-refractivity contribution in [3.05, 3.63) is 59.2 Å². The minimum atomic E-state index is -0.531. The zero-order chi connectivity index (χ0) is 22.5. The second-order valence-corrected chi connectivity index (χ2v) is 8.02. The summed E-state index contributed by atoms with van der Waals surface area (Å²) in [4.78, 5) is 27.0. The predicted molar refractivity (Wildman–Crippen MR) is 125 cm³/mol. The number of amides is 2. The Hall–Kier alpha value is -3.19. The minimum Gasteiger partial charge on any atom is -0.490 e. The third-order valence-electron chi connectivity index (χ3n) is 4.54. The average molecular weight is 439 g/mol. The molecule has 1 heterocycles. The summed E-state index contributed by atoms with van der Waals surface area (Å²) in [6.07, 6.45) is 1.54. The summed E-state index contributed by atoms with van der Waals surface area (Å²) >= 11 is 5.25. The molecule has 0 spiro atoms. The summed E-state index contributed by atoms with van der Waals surface area (Å²) in [7, 11) is 0. The lowest BCUT2D eigenvalue weighted by Crippen LogP contribution is -2.54. The molecule has 31 heavy (non-hydrogen) atoms. The first-order valence-electron chi connectivity index (χ1n) is 10.2. The van der Waals surface area contributed by atoms with Crippen molar-refractivity contribution in [3.8, 4) is 11.5 Å². The standard InChI is InChI=1S/C24H26N2O4S/c1-5-29-21-13-17(8-11-20(21)30-14-15(2)3)12-19-22(27)25-24(31)26(23(19)28)18-9-6-16(4)7-10-18/h6-13,15H,5,14H2,1-4H3,(H,25,27,31)/b19-12+. The van der Waals surface area contributed by atoms with Gasteiger partial charge < -0.3 is 9.47 Å². The molecule has 0 aliphatic carbocycles. The summed E-state index contributed by atoms with van der Waals surface area (Å²) < 4.78 is 11.5.